The molecular formula is C21H20FNO4. The lowest BCUT2D eigenvalue weighted by atomic mass is 10.1. The highest BCUT2D eigenvalue weighted by Crippen LogP contribution is 2.15. The van der Waals surface area contributed by atoms with E-state index in [0.29, 0.717) is 17.9 Å². The van der Waals surface area contributed by atoms with Gasteiger partial charge in [0, 0.05) is 17.5 Å². The van der Waals surface area contributed by atoms with Crippen molar-refractivity contribution in [3.63, 3.8) is 0 Å². The maximum absolute atomic E-state index is 13.6. The molecule has 0 atom stereocenters. The van der Waals surface area contributed by atoms with Crippen LogP contribution in [0, 0.1) is 17.1 Å². The minimum Gasteiger partial charge on any atom is -0.494 e. The highest BCUT2D eigenvalue weighted by Gasteiger charge is 2.12. The molecule has 2 aromatic carbocycles. The van der Waals surface area contributed by atoms with Gasteiger partial charge in [-0.25, -0.2) is 4.39 Å². The highest BCUT2D eigenvalue weighted by molar-refractivity contribution is 5.97. The quantitative estimate of drug-likeness (QED) is 0.489. The smallest absolute Gasteiger partial charge is 0.306 e. The molecule has 0 unspecified atom stereocenters. The molecule has 0 heterocycles. The molecule has 0 bridgehead atoms. The van der Waals surface area contributed by atoms with Crippen LogP contribution in [-0.4, -0.2) is 18.4 Å². The van der Waals surface area contributed by atoms with E-state index in [1.165, 1.54) is 12.1 Å². The van der Waals surface area contributed by atoms with E-state index in [1.54, 1.807) is 24.3 Å². The summed E-state index contributed by atoms with van der Waals surface area (Å²) in [5.41, 5.74) is 0.889. The van der Waals surface area contributed by atoms with Crippen molar-refractivity contribution in [3.05, 3.63) is 65.0 Å². The molecule has 5 nitrogen and oxygen atoms in total. The number of hydrogen-bond donors (Lipinski definition) is 0. The van der Waals surface area contributed by atoms with Gasteiger partial charge in [0.2, 0.25) is 0 Å². The Kier molecular flexibility index (Phi) is 7.50. The molecule has 2 aromatic rings. The largest absolute Gasteiger partial charge is 0.494 e. The van der Waals surface area contributed by atoms with Gasteiger partial charge in [-0.1, -0.05) is 6.92 Å². The first-order valence-electron chi connectivity index (χ1n) is 8.63. The Balaban J connectivity index is 1.81. The van der Waals surface area contributed by atoms with Crippen LogP contribution in [0.3, 0.4) is 0 Å². The molecule has 2 rings (SSSR count). The summed E-state index contributed by atoms with van der Waals surface area (Å²) in [4.78, 5) is 24.0. The predicted octanol–water partition coefficient (Wildman–Crippen LogP) is 4.19. The van der Waals surface area contributed by atoms with Gasteiger partial charge in [0.15, 0.2) is 5.78 Å². The zero-order valence-corrected chi connectivity index (χ0v) is 15.0. The van der Waals surface area contributed by atoms with E-state index >= 15 is 0 Å². The van der Waals surface area contributed by atoms with Crippen LogP contribution in [0.5, 0.6) is 5.75 Å². The number of rotatable bonds is 9. The van der Waals surface area contributed by atoms with Crippen molar-refractivity contribution in [2.45, 2.75) is 32.8 Å². The van der Waals surface area contributed by atoms with Gasteiger partial charge in [-0.2, -0.15) is 5.26 Å². The zero-order valence-electron chi connectivity index (χ0n) is 15.0. The van der Waals surface area contributed by atoms with Crippen LogP contribution in [-0.2, 0) is 16.1 Å². The number of ketones is 1. The molecule has 0 saturated carbocycles. The Labute approximate surface area is 157 Å². The Morgan fingerprint density at radius 2 is 1.85 bits per heavy atom. The number of benzene rings is 2. The number of nitriles is 1. The van der Waals surface area contributed by atoms with Crippen molar-refractivity contribution in [2.24, 2.45) is 0 Å². The molecule has 0 N–H and O–H groups in total. The van der Waals surface area contributed by atoms with Gasteiger partial charge in [-0.3, -0.25) is 9.59 Å². The van der Waals surface area contributed by atoms with Crippen molar-refractivity contribution in [2.75, 3.05) is 6.61 Å². The van der Waals surface area contributed by atoms with Gasteiger partial charge in [0.25, 0.3) is 0 Å². The molecule has 6 heteroatoms. The summed E-state index contributed by atoms with van der Waals surface area (Å²) < 4.78 is 24.1. The molecule has 0 aliphatic rings. The first-order chi connectivity index (χ1) is 13.0. The monoisotopic (exact) mass is 369 g/mol. The summed E-state index contributed by atoms with van der Waals surface area (Å²) in [5.74, 6) is -0.655. The number of hydrogen-bond acceptors (Lipinski definition) is 5. The average molecular weight is 369 g/mol. The summed E-state index contributed by atoms with van der Waals surface area (Å²) in [6, 6.07) is 12.5. The van der Waals surface area contributed by atoms with Crippen LogP contribution in [0.2, 0.25) is 0 Å². The number of carbonyl (C=O) groups excluding carboxylic acids is 2. The fraction of sp³-hybridized carbons (Fsp3) is 0.286. The van der Waals surface area contributed by atoms with Crippen LogP contribution in [0.1, 0.15) is 47.7 Å². The van der Waals surface area contributed by atoms with Crippen LogP contribution >= 0.6 is 0 Å². The van der Waals surface area contributed by atoms with Crippen molar-refractivity contribution in [3.8, 4) is 11.8 Å². The summed E-state index contributed by atoms with van der Waals surface area (Å²) in [6.45, 7) is 2.33. The predicted molar refractivity (Wildman–Crippen MR) is 96.7 cm³/mol. The van der Waals surface area contributed by atoms with Crippen LogP contribution in [0.15, 0.2) is 42.5 Å². The van der Waals surface area contributed by atoms with E-state index in [0.717, 1.165) is 12.5 Å². The molecule has 140 valence electrons. The second-order valence-electron chi connectivity index (χ2n) is 5.87. The van der Waals surface area contributed by atoms with Crippen LogP contribution in [0.4, 0.5) is 4.39 Å². The molecule has 0 spiro atoms. The third-order valence-corrected chi connectivity index (χ3v) is 3.77. The van der Waals surface area contributed by atoms with Gasteiger partial charge in [0.05, 0.1) is 24.7 Å². The minimum absolute atomic E-state index is 0.00524. The fourth-order valence-corrected chi connectivity index (χ4v) is 2.30. The molecule has 27 heavy (non-hydrogen) atoms. The van der Waals surface area contributed by atoms with Crippen molar-refractivity contribution >= 4 is 11.8 Å². The molecule has 0 radical (unpaired) electrons. The number of nitrogens with zero attached hydrogens (tertiary/aromatic N) is 1. The van der Waals surface area contributed by atoms with E-state index in [9.17, 15) is 14.0 Å². The van der Waals surface area contributed by atoms with E-state index < -0.39 is 11.8 Å². The molecular weight excluding hydrogens is 349 g/mol. The molecule has 0 aliphatic heterocycles. The molecule has 0 aliphatic carbocycles. The Bertz CT molecular complexity index is 840. The molecule has 0 amide bonds. The summed E-state index contributed by atoms with van der Waals surface area (Å²) in [7, 11) is 0. The summed E-state index contributed by atoms with van der Waals surface area (Å²) in [5, 5.41) is 8.82. The number of Topliss-reactive ketones (excluding diaryl/α,β-unsaturated/α-hetero) is 1. The highest BCUT2D eigenvalue weighted by atomic mass is 19.1. The SMILES string of the molecule is CCCOc1ccc(C(=O)CCC(=O)OCc2cc(C#N)ccc2F)cc1. The second kappa shape index (κ2) is 10.1. The first-order valence-corrected chi connectivity index (χ1v) is 8.63. The molecule has 0 aromatic heterocycles. The van der Waals surface area contributed by atoms with E-state index in [1.807, 2.05) is 13.0 Å². The van der Waals surface area contributed by atoms with Gasteiger partial charge < -0.3 is 9.47 Å². The zero-order chi connectivity index (χ0) is 19.6. The molecule has 0 fully saturated rings. The topological polar surface area (TPSA) is 76.4 Å². The van der Waals surface area contributed by atoms with E-state index in [4.69, 9.17) is 14.7 Å². The number of ether oxygens (including phenoxy) is 2. The van der Waals surface area contributed by atoms with Gasteiger partial charge in [-0.05, 0) is 48.9 Å². The first kappa shape index (κ1) is 20.1. The number of carbonyl (C=O) groups is 2. The van der Waals surface area contributed by atoms with Gasteiger partial charge in [-0.15, -0.1) is 0 Å². The maximum Gasteiger partial charge on any atom is 0.306 e. The number of halogens is 1. The molecule has 0 saturated heterocycles. The number of esters is 1. The van der Waals surface area contributed by atoms with E-state index in [-0.39, 0.29) is 36.4 Å². The van der Waals surface area contributed by atoms with Crippen molar-refractivity contribution < 1.29 is 23.5 Å². The van der Waals surface area contributed by atoms with Gasteiger partial charge in [0.1, 0.15) is 18.2 Å². The Morgan fingerprint density at radius 1 is 1.11 bits per heavy atom. The minimum atomic E-state index is -0.604. The summed E-state index contributed by atoms with van der Waals surface area (Å²) >= 11 is 0. The fourth-order valence-electron chi connectivity index (χ4n) is 2.30. The lowest BCUT2D eigenvalue weighted by Crippen LogP contribution is -2.09. The van der Waals surface area contributed by atoms with Crippen molar-refractivity contribution in [1.82, 2.24) is 0 Å². The Hall–Kier alpha value is -3.20. The van der Waals surface area contributed by atoms with Crippen molar-refractivity contribution in [1.29, 1.82) is 5.26 Å². The Morgan fingerprint density at radius 3 is 2.52 bits per heavy atom. The van der Waals surface area contributed by atoms with Crippen LogP contribution < -0.4 is 4.74 Å². The maximum atomic E-state index is 13.6. The average Bonchev–Trinajstić information content (AvgIpc) is 2.70. The second-order valence-corrected chi connectivity index (χ2v) is 5.87. The summed E-state index contributed by atoms with van der Waals surface area (Å²) in [6.07, 6.45) is 0.786. The lowest BCUT2D eigenvalue weighted by molar-refractivity contribution is -0.144. The standard InChI is InChI=1S/C21H20FNO4/c1-2-11-26-18-6-4-16(5-7-18)20(24)9-10-21(25)27-14-17-12-15(13-23)3-8-19(17)22/h3-8,12H,2,9-11,14H2,1H3. The van der Waals surface area contributed by atoms with Gasteiger partial charge >= 0.3 is 5.97 Å². The third kappa shape index (κ3) is 6.23. The normalized spacial score (nSPS) is 10.1. The van der Waals surface area contributed by atoms with E-state index in [2.05, 4.69) is 0 Å². The third-order valence-electron chi connectivity index (χ3n) is 3.77. The van der Waals surface area contributed by atoms with Crippen LogP contribution in [0.25, 0.3) is 0 Å². The lowest BCUT2D eigenvalue weighted by Gasteiger charge is -2.07.